The van der Waals surface area contributed by atoms with E-state index in [-0.39, 0.29) is 10.5 Å². The fourth-order valence-corrected chi connectivity index (χ4v) is 3.24. The molecule has 0 saturated heterocycles. The van der Waals surface area contributed by atoms with Crippen molar-refractivity contribution in [3.8, 4) is 11.8 Å². The van der Waals surface area contributed by atoms with Gasteiger partial charge in [-0.2, -0.15) is 5.26 Å². The number of nitrogens with zero attached hydrogens (tertiary/aromatic N) is 1. The van der Waals surface area contributed by atoms with Crippen LogP contribution in [0.2, 0.25) is 0 Å². The number of nitrogens with one attached hydrogen (secondary N) is 1. The maximum atomic E-state index is 12.4. The first kappa shape index (κ1) is 23.4. The second-order valence-electron chi connectivity index (χ2n) is 7.02. The average molecular weight is 461 g/mol. The molecule has 9 heteroatoms. The third kappa shape index (κ3) is 6.36. The Morgan fingerprint density at radius 1 is 0.970 bits per heavy atom. The first-order valence-electron chi connectivity index (χ1n) is 9.60. The molecule has 0 radical (unpaired) electrons. The Labute approximate surface area is 191 Å². The molecule has 33 heavy (non-hydrogen) atoms. The molecule has 0 bridgehead atoms. The summed E-state index contributed by atoms with van der Waals surface area (Å²) in [6.45, 7) is 1.92. The number of nitrogens with two attached hydrogens (primary N) is 1. The molecule has 3 aromatic carbocycles. The van der Waals surface area contributed by atoms with Crippen LogP contribution >= 0.6 is 0 Å². The Bertz CT molecular complexity index is 1350. The highest BCUT2D eigenvalue weighted by atomic mass is 32.2. The zero-order chi connectivity index (χ0) is 24.0. The van der Waals surface area contributed by atoms with E-state index in [0.29, 0.717) is 22.6 Å². The number of hydrogen-bond acceptors (Lipinski definition) is 6. The second kappa shape index (κ2) is 9.91. The fraction of sp³-hybridized carbons (Fsp3) is 0.0417. The first-order chi connectivity index (χ1) is 15.7. The number of hydrogen-bond donors (Lipinski definition) is 2. The van der Waals surface area contributed by atoms with Gasteiger partial charge in [-0.1, -0.05) is 29.8 Å². The van der Waals surface area contributed by atoms with Crippen LogP contribution in [0.1, 0.15) is 21.5 Å². The normalized spacial score (nSPS) is 11.4. The molecule has 0 aliphatic heterocycles. The number of amides is 1. The minimum Gasteiger partial charge on any atom is -0.423 e. The number of esters is 1. The van der Waals surface area contributed by atoms with Gasteiger partial charge in [0.25, 0.3) is 5.91 Å². The van der Waals surface area contributed by atoms with Crippen LogP contribution < -0.4 is 15.2 Å². The standard InChI is InChI=1S/C24H19N3O5S/c1-16-2-6-18(7-3-16)24(29)32-21-10-4-17(5-11-21)14-19(15-25)23(28)27-20-8-12-22(13-9-20)33(26,30)31/h2-14H,1H3,(H,27,28)(H2,26,30,31)/b19-14-. The number of rotatable bonds is 6. The van der Waals surface area contributed by atoms with Gasteiger partial charge < -0.3 is 10.1 Å². The number of primary sulfonamides is 1. The van der Waals surface area contributed by atoms with Crippen LogP contribution in [-0.4, -0.2) is 20.3 Å². The van der Waals surface area contributed by atoms with Gasteiger partial charge in [0.15, 0.2) is 0 Å². The zero-order valence-electron chi connectivity index (χ0n) is 17.5. The summed E-state index contributed by atoms with van der Waals surface area (Å²) < 4.78 is 27.9. The number of anilines is 1. The van der Waals surface area contributed by atoms with Crippen LogP contribution in [0.4, 0.5) is 5.69 Å². The summed E-state index contributed by atoms with van der Waals surface area (Å²) in [4.78, 5) is 24.5. The average Bonchev–Trinajstić information content (AvgIpc) is 2.78. The van der Waals surface area contributed by atoms with Crippen molar-refractivity contribution in [1.29, 1.82) is 5.26 Å². The molecular weight excluding hydrogens is 442 g/mol. The van der Waals surface area contributed by atoms with Crippen molar-refractivity contribution in [2.24, 2.45) is 5.14 Å². The van der Waals surface area contributed by atoms with E-state index in [0.717, 1.165) is 5.56 Å². The monoisotopic (exact) mass is 461 g/mol. The van der Waals surface area contributed by atoms with Crippen LogP contribution in [0.5, 0.6) is 5.75 Å². The van der Waals surface area contributed by atoms with Crippen molar-refractivity contribution in [2.75, 3.05) is 5.32 Å². The lowest BCUT2D eigenvalue weighted by Gasteiger charge is -2.06. The third-order valence-electron chi connectivity index (χ3n) is 4.49. The van der Waals surface area contributed by atoms with Crippen LogP contribution in [0.15, 0.2) is 83.3 Å². The van der Waals surface area contributed by atoms with E-state index in [1.165, 1.54) is 30.3 Å². The Hall–Kier alpha value is -4.26. The van der Waals surface area contributed by atoms with Gasteiger partial charge in [0.05, 0.1) is 10.5 Å². The molecule has 0 aromatic heterocycles. The van der Waals surface area contributed by atoms with Crippen LogP contribution in [0.25, 0.3) is 6.08 Å². The van der Waals surface area contributed by atoms with Crippen molar-refractivity contribution >= 4 is 33.7 Å². The molecule has 3 aromatic rings. The molecule has 0 aliphatic rings. The molecule has 8 nitrogen and oxygen atoms in total. The molecule has 0 saturated carbocycles. The topological polar surface area (TPSA) is 139 Å². The van der Waals surface area contributed by atoms with Gasteiger partial charge in [0.2, 0.25) is 10.0 Å². The molecular formula is C24H19N3O5S. The Kier molecular flexibility index (Phi) is 7.03. The molecule has 0 unspecified atom stereocenters. The van der Waals surface area contributed by atoms with Crippen LogP contribution in [0.3, 0.4) is 0 Å². The van der Waals surface area contributed by atoms with Gasteiger partial charge in [0.1, 0.15) is 17.4 Å². The maximum absolute atomic E-state index is 12.4. The summed E-state index contributed by atoms with van der Waals surface area (Å²) in [6.07, 6.45) is 1.37. The molecule has 0 heterocycles. The molecule has 0 aliphatic carbocycles. The molecule has 166 valence electrons. The van der Waals surface area contributed by atoms with Crippen molar-refractivity contribution in [3.63, 3.8) is 0 Å². The highest BCUT2D eigenvalue weighted by Crippen LogP contribution is 2.18. The molecule has 1 amide bonds. The van der Waals surface area contributed by atoms with Crippen LogP contribution in [-0.2, 0) is 14.8 Å². The largest absolute Gasteiger partial charge is 0.423 e. The lowest BCUT2D eigenvalue weighted by molar-refractivity contribution is -0.112. The van der Waals surface area contributed by atoms with Gasteiger partial charge in [-0.3, -0.25) is 4.79 Å². The summed E-state index contributed by atoms with van der Waals surface area (Å²) in [7, 11) is -3.85. The lowest BCUT2D eigenvalue weighted by atomic mass is 10.1. The highest BCUT2D eigenvalue weighted by molar-refractivity contribution is 7.89. The summed E-state index contributed by atoms with van der Waals surface area (Å²) in [5.41, 5.74) is 2.12. The number of carbonyl (C=O) groups excluding carboxylic acids is 2. The highest BCUT2D eigenvalue weighted by Gasteiger charge is 2.12. The summed E-state index contributed by atoms with van der Waals surface area (Å²) >= 11 is 0. The number of benzene rings is 3. The van der Waals surface area contributed by atoms with Crippen molar-refractivity contribution in [1.82, 2.24) is 0 Å². The van der Waals surface area contributed by atoms with E-state index < -0.39 is 21.9 Å². The van der Waals surface area contributed by atoms with E-state index in [1.54, 1.807) is 36.4 Å². The number of carbonyl (C=O) groups is 2. The molecule has 0 atom stereocenters. The van der Waals surface area contributed by atoms with Gasteiger partial charge in [-0.05, 0) is 67.1 Å². The zero-order valence-corrected chi connectivity index (χ0v) is 18.3. The summed E-state index contributed by atoms with van der Waals surface area (Å²) in [5.74, 6) is -0.852. The van der Waals surface area contributed by atoms with Gasteiger partial charge in [-0.25, -0.2) is 18.4 Å². The number of nitriles is 1. The quantitative estimate of drug-likeness (QED) is 0.250. The lowest BCUT2D eigenvalue weighted by Crippen LogP contribution is -2.14. The van der Waals surface area contributed by atoms with Gasteiger partial charge in [0, 0.05) is 5.69 Å². The fourth-order valence-electron chi connectivity index (χ4n) is 2.73. The molecule has 3 N–H and O–H groups in total. The van der Waals surface area contributed by atoms with Gasteiger partial charge >= 0.3 is 5.97 Å². The van der Waals surface area contributed by atoms with Crippen LogP contribution in [0, 0.1) is 18.3 Å². The number of ether oxygens (including phenoxy) is 1. The second-order valence-corrected chi connectivity index (χ2v) is 8.58. The minimum absolute atomic E-state index is 0.0975. The Morgan fingerprint density at radius 3 is 2.12 bits per heavy atom. The summed E-state index contributed by atoms with van der Waals surface area (Å²) in [5, 5.41) is 16.9. The third-order valence-corrected chi connectivity index (χ3v) is 5.42. The van der Waals surface area contributed by atoms with Crippen molar-refractivity contribution in [3.05, 3.63) is 95.1 Å². The molecule has 3 rings (SSSR count). The van der Waals surface area contributed by atoms with E-state index >= 15 is 0 Å². The Balaban J connectivity index is 1.68. The number of aryl methyl sites for hydroxylation is 1. The van der Waals surface area contributed by atoms with E-state index in [4.69, 9.17) is 9.88 Å². The molecule has 0 spiro atoms. The maximum Gasteiger partial charge on any atom is 0.343 e. The number of sulfonamides is 1. The van der Waals surface area contributed by atoms with E-state index in [1.807, 2.05) is 25.1 Å². The van der Waals surface area contributed by atoms with Gasteiger partial charge in [-0.15, -0.1) is 0 Å². The van der Waals surface area contributed by atoms with Crippen molar-refractivity contribution < 1.29 is 22.7 Å². The Morgan fingerprint density at radius 2 is 1.58 bits per heavy atom. The first-order valence-corrected chi connectivity index (χ1v) is 11.2. The SMILES string of the molecule is Cc1ccc(C(=O)Oc2ccc(/C=C(/C#N)C(=O)Nc3ccc(S(N)(=O)=O)cc3)cc2)cc1. The van der Waals surface area contributed by atoms with Crippen molar-refractivity contribution in [2.45, 2.75) is 11.8 Å². The predicted octanol–water partition coefficient (Wildman–Crippen LogP) is 3.41. The predicted molar refractivity (Wildman–Crippen MR) is 123 cm³/mol. The minimum atomic E-state index is -3.85. The summed E-state index contributed by atoms with van der Waals surface area (Å²) in [6, 6.07) is 20.3. The smallest absolute Gasteiger partial charge is 0.343 e. The van der Waals surface area contributed by atoms with E-state index in [2.05, 4.69) is 5.32 Å². The van der Waals surface area contributed by atoms with E-state index in [9.17, 15) is 23.3 Å². The molecule has 0 fully saturated rings.